The van der Waals surface area contributed by atoms with Crippen LogP contribution in [-0.4, -0.2) is 42.0 Å². The molecule has 0 spiro atoms. The molecule has 1 aliphatic rings. The zero-order chi connectivity index (χ0) is 16.1. The second-order valence-electron chi connectivity index (χ2n) is 5.34. The van der Waals surface area contributed by atoms with Gasteiger partial charge in [-0.1, -0.05) is 12.1 Å². The Morgan fingerprint density at radius 2 is 2.25 bits per heavy atom. The van der Waals surface area contributed by atoms with Crippen molar-refractivity contribution in [3.63, 3.8) is 0 Å². The smallest absolute Gasteiger partial charge is 0.261 e. The predicted molar refractivity (Wildman–Crippen MR) is 90.7 cm³/mol. The molecule has 1 aliphatic heterocycles. The minimum atomic E-state index is -0.384. The first-order valence-corrected chi connectivity index (χ1v) is 7.52. The first-order chi connectivity index (χ1) is 11.2. The summed E-state index contributed by atoms with van der Waals surface area (Å²) in [4.78, 5) is 18.4. The number of pyridine rings is 1. The first kappa shape index (κ1) is 18.2. The highest BCUT2D eigenvalue weighted by Gasteiger charge is 2.28. The van der Waals surface area contributed by atoms with Gasteiger partial charge in [-0.2, -0.15) is 0 Å². The quantitative estimate of drug-likeness (QED) is 0.917. The molecule has 1 aromatic carbocycles. The van der Waals surface area contributed by atoms with Crippen LogP contribution in [0.15, 0.2) is 48.8 Å². The van der Waals surface area contributed by atoms with E-state index >= 15 is 0 Å². The molecule has 1 fully saturated rings. The van der Waals surface area contributed by atoms with Crippen LogP contribution in [0.5, 0.6) is 5.75 Å². The maximum absolute atomic E-state index is 13.1. The molecular formula is C17H19ClFN3O2. The molecule has 1 saturated heterocycles. The molecule has 24 heavy (non-hydrogen) atoms. The molecule has 1 N–H and O–H groups in total. The van der Waals surface area contributed by atoms with E-state index in [1.807, 2.05) is 12.1 Å². The molecule has 7 heteroatoms. The third-order valence-electron chi connectivity index (χ3n) is 3.79. The fourth-order valence-corrected chi connectivity index (χ4v) is 2.66. The van der Waals surface area contributed by atoms with Crippen molar-refractivity contribution < 1.29 is 13.9 Å². The van der Waals surface area contributed by atoms with Gasteiger partial charge < -0.3 is 15.0 Å². The van der Waals surface area contributed by atoms with Gasteiger partial charge in [-0.15, -0.1) is 12.4 Å². The van der Waals surface area contributed by atoms with E-state index in [2.05, 4.69) is 10.3 Å². The van der Waals surface area contributed by atoms with Gasteiger partial charge in [-0.3, -0.25) is 9.78 Å². The van der Waals surface area contributed by atoms with Crippen LogP contribution >= 0.6 is 12.4 Å². The van der Waals surface area contributed by atoms with Crippen LogP contribution in [0.3, 0.4) is 0 Å². The number of carbonyl (C=O) groups excluding carboxylic acids is 1. The summed E-state index contributed by atoms with van der Waals surface area (Å²) in [5.74, 6) is -0.151. The van der Waals surface area contributed by atoms with Gasteiger partial charge in [0.1, 0.15) is 11.6 Å². The van der Waals surface area contributed by atoms with Crippen LogP contribution in [0.4, 0.5) is 4.39 Å². The van der Waals surface area contributed by atoms with Crippen molar-refractivity contribution >= 4 is 18.3 Å². The fourth-order valence-electron chi connectivity index (χ4n) is 2.66. The van der Waals surface area contributed by atoms with Crippen LogP contribution in [0.25, 0.3) is 0 Å². The molecule has 0 aliphatic carbocycles. The predicted octanol–water partition coefficient (Wildman–Crippen LogP) is 2.19. The lowest BCUT2D eigenvalue weighted by atomic mass is 10.1. The summed E-state index contributed by atoms with van der Waals surface area (Å²) < 4.78 is 18.6. The Kier molecular flexibility index (Phi) is 6.52. The number of piperazine rings is 1. The van der Waals surface area contributed by atoms with Crippen molar-refractivity contribution in [2.24, 2.45) is 0 Å². The number of hydrogen-bond acceptors (Lipinski definition) is 4. The summed E-state index contributed by atoms with van der Waals surface area (Å²) in [6, 6.07) is 9.54. The standard InChI is InChI=1S/C17H18FN3O2.ClH/c18-14-4-1-5-15(9-14)23-12-17(22)21-8-7-20-11-16(21)13-3-2-6-19-10-13;/h1-6,9-10,16,20H,7-8,11-12H2;1H. The summed E-state index contributed by atoms with van der Waals surface area (Å²) in [6.07, 6.45) is 3.48. The normalized spacial score (nSPS) is 17.0. The van der Waals surface area contributed by atoms with E-state index in [-0.39, 0.29) is 36.8 Å². The monoisotopic (exact) mass is 351 g/mol. The van der Waals surface area contributed by atoms with Gasteiger partial charge in [0.05, 0.1) is 6.04 Å². The average Bonchev–Trinajstić information content (AvgIpc) is 2.60. The highest BCUT2D eigenvalue weighted by molar-refractivity contribution is 5.85. The summed E-state index contributed by atoms with van der Waals surface area (Å²) in [7, 11) is 0. The molecule has 3 rings (SSSR count). The van der Waals surface area contributed by atoms with E-state index in [1.54, 1.807) is 29.4 Å². The van der Waals surface area contributed by atoms with Crippen LogP contribution in [0, 0.1) is 5.82 Å². The number of halogens is 2. The van der Waals surface area contributed by atoms with E-state index in [0.29, 0.717) is 18.8 Å². The van der Waals surface area contributed by atoms with E-state index in [9.17, 15) is 9.18 Å². The number of nitrogens with zero attached hydrogens (tertiary/aromatic N) is 2. The van der Waals surface area contributed by atoms with Crippen molar-refractivity contribution in [2.75, 3.05) is 26.2 Å². The van der Waals surface area contributed by atoms with Gasteiger partial charge in [-0.05, 0) is 23.8 Å². The highest BCUT2D eigenvalue weighted by atomic mass is 35.5. The van der Waals surface area contributed by atoms with Crippen molar-refractivity contribution in [3.05, 3.63) is 60.2 Å². The van der Waals surface area contributed by atoms with E-state index in [4.69, 9.17) is 4.74 Å². The molecule has 0 bridgehead atoms. The molecule has 2 aromatic rings. The molecule has 5 nitrogen and oxygen atoms in total. The zero-order valence-electron chi connectivity index (χ0n) is 13.0. The second kappa shape index (κ2) is 8.61. The van der Waals surface area contributed by atoms with Crippen LogP contribution in [0.2, 0.25) is 0 Å². The van der Waals surface area contributed by atoms with Crippen LogP contribution < -0.4 is 10.1 Å². The Balaban J connectivity index is 0.00000208. The number of rotatable bonds is 4. The Morgan fingerprint density at radius 3 is 3.00 bits per heavy atom. The third-order valence-corrected chi connectivity index (χ3v) is 3.79. The largest absolute Gasteiger partial charge is 0.484 e. The summed E-state index contributed by atoms with van der Waals surface area (Å²) in [5, 5.41) is 3.29. The second-order valence-corrected chi connectivity index (χ2v) is 5.34. The Hall–Kier alpha value is -2.18. The number of ether oxygens (including phenoxy) is 1. The fraction of sp³-hybridized carbons (Fsp3) is 0.294. The summed E-state index contributed by atoms with van der Waals surface area (Å²) in [6.45, 7) is 1.91. The first-order valence-electron chi connectivity index (χ1n) is 7.52. The molecular weight excluding hydrogens is 333 g/mol. The van der Waals surface area contributed by atoms with Gasteiger partial charge >= 0.3 is 0 Å². The SMILES string of the molecule is Cl.O=C(COc1cccc(F)c1)N1CCNCC1c1cccnc1. The Morgan fingerprint density at radius 1 is 1.38 bits per heavy atom. The maximum atomic E-state index is 13.1. The minimum absolute atomic E-state index is 0. The Bertz CT molecular complexity index is 672. The molecule has 1 amide bonds. The number of hydrogen-bond donors (Lipinski definition) is 1. The maximum Gasteiger partial charge on any atom is 0.261 e. The van der Waals surface area contributed by atoms with Crippen molar-refractivity contribution in [1.82, 2.24) is 15.2 Å². The third kappa shape index (κ3) is 4.43. The molecule has 2 heterocycles. The number of nitrogens with one attached hydrogen (secondary N) is 1. The molecule has 1 aromatic heterocycles. The summed E-state index contributed by atoms with van der Waals surface area (Å²) in [5.41, 5.74) is 0.985. The van der Waals surface area contributed by atoms with E-state index in [0.717, 1.165) is 12.1 Å². The number of aromatic nitrogens is 1. The average molecular weight is 352 g/mol. The van der Waals surface area contributed by atoms with Crippen molar-refractivity contribution in [2.45, 2.75) is 6.04 Å². The molecule has 0 saturated carbocycles. The van der Waals surface area contributed by atoms with Crippen molar-refractivity contribution in [3.8, 4) is 5.75 Å². The van der Waals surface area contributed by atoms with Crippen LogP contribution in [-0.2, 0) is 4.79 Å². The van der Waals surface area contributed by atoms with Gasteiger partial charge in [-0.25, -0.2) is 4.39 Å². The summed E-state index contributed by atoms with van der Waals surface area (Å²) >= 11 is 0. The van der Waals surface area contributed by atoms with Gasteiger partial charge in [0, 0.05) is 38.1 Å². The topological polar surface area (TPSA) is 54.5 Å². The van der Waals surface area contributed by atoms with Gasteiger partial charge in [0.2, 0.25) is 0 Å². The lowest BCUT2D eigenvalue weighted by molar-refractivity contribution is -0.136. The minimum Gasteiger partial charge on any atom is -0.484 e. The lowest BCUT2D eigenvalue weighted by Crippen LogP contribution is -2.50. The molecule has 1 unspecified atom stereocenters. The molecule has 0 radical (unpaired) electrons. The van der Waals surface area contributed by atoms with Crippen molar-refractivity contribution in [1.29, 1.82) is 0 Å². The van der Waals surface area contributed by atoms with Gasteiger partial charge in [0.25, 0.3) is 5.91 Å². The molecule has 1 atom stereocenters. The number of benzene rings is 1. The molecule has 128 valence electrons. The highest BCUT2D eigenvalue weighted by Crippen LogP contribution is 2.22. The van der Waals surface area contributed by atoms with Crippen LogP contribution in [0.1, 0.15) is 11.6 Å². The van der Waals surface area contributed by atoms with E-state index in [1.165, 1.54) is 12.1 Å². The Labute approximate surface area is 146 Å². The number of amides is 1. The van der Waals surface area contributed by atoms with Gasteiger partial charge in [0.15, 0.2) is 6.61 Å². The van der Waals surface area contributed by atoms with E-state index < -0.39 is 0 Å². The lowest BCUT2D eigenvalue weighted by Gasteiger charge is -2.36. The zero-order valence-corrected chi connectivity index (χ0v) is 13.8. The number of carbonyl (C=O) groups is 1.